The highest BCUT2D eigenvalue weighted by Gasteiger charge is 2.25. The normalized spacial score (nSPS) is 25.2. The molecule has 0 unspecified atom stereocenters. The van der Waals surface area contributed by atoms with Crippen LogP contribution in [0, 0.1) is 11.8 Å². The molecule has 0 radical (unpaired) electrons. The molecular formula is C12H18N2O2. The highest BCUT2D eigenvalue weighted by molar-refractivity contribution is 5.70. The molecule has 1 aromatic rings. The SMILES string of the molecule is O=C(O)C1CCC(CNc2cc[nH]c2)CC1. The predicted molar refractivity (Wildman–Crippen MR) is 62.4 cm³/mol. The van der Waals surface area contributed by atoms with Crippen molar-refractivity contribution in [2.45, 2.75) is 25.7 Å². The molecule has 0 atom stereocenters. The van der Waals surface area contributed by atoms with Crippen molar-refractivity contribution in [1.29, 1.82) is 0 Å². The molecule has 2 rings (SSSR count). The number of carbonyl (C=O) groups is 1. The second kappa shape index (κ2) is 5.05. The minimum Gasteiger partial charge on any atom is -0.481 e. The van der Waals surface area contributed by atoms with Crippen molar-refractivity contribution in [3.05, 3.63) is 18.5 Å². The first-order valence-electron chi connectivity index (χ1n) is 5.85. The van der Waals surface area contributed by atoms with E-state index in [1.165, 1.54) is 0 Å². The Balaban J connectivity index is 1.71. The lowest BCUT2D eigenvalue weighted by Crippen LogP contribution is -2.25. The van der Waals surface area contributed by atoms with Crippen LogP contribution in [0.15, 0.2) is 18.5 Å². The fourth-order valence-corrected chi connectivity index (χ4v) is 2.31. The Labute approximate surface area is 95.1 Å². The van der Waals surface area contributed by atoms with Crippen molar-refractivity contribution in [3.63, 3.8) is 0 Å². The van der Waals surface area contributed by atoms with Crippen molar-refractivity contribution in [1.82, 2.24) is 4.98 Å². The van der Waals surface area contributed by atoms with E-state index < -0.39 is 5.97 Å². The van der Waals surface area contributed by atoms with Gasteiger partial charge in [0.15, 0.2) is 0 Å². The largest absolute Gasteiger partial charge is 0.481 e. The fourth-order valence-electron chi connectivity index (χ4n) is 2.31. The molecule has 4 heteroatoms. The molecule has 3 N–H and O–H groups in total. The Bertz CT molecular complexity index is 327. The topological polar surface area (TPSA) is 65.1 Å². The molecule has 1 fully saturated rings. The van der Waals surface area contributed by atoms with Crippen molar-refractivity contribution in [3.8, 4) is 0 Å². The summed E-state index contributed by atoms with van der Waals surface area (Å²) in [5.74, 6) is -0.119. The number of H-pyrrole nitrogens is 1. The molecular weight excluding hydrogens is 204 g/mol. The van der Waals surface area contributed by atoms with Crippen LogP contribution in [0.5, 0.6) is 0 Å². The number of aromatic amines is 1. The number of aromatic nitrogens is 1. The first-order valence-corrected chi connectivity index (χ1v) is 5.85. The standard InChI is InChI=1S/C12H18N2O2/c15-12(16)10-3-1-9(2-4-10)7-14-11-5-6-13-8-11/h5-6,8-10,13-14H,1-4,7H2,(H,15,16). The maximum absolute atomic E-state index is 10.8. The van der Waals surface area contributed by atoms with Crippen LogP contribution in [-0.2, 0) is 4.79 Å². The van der Waals surface area contributed by atoms with Gasteiger partial charge in [-0.05, 0) is 37.7 Å². The number of carboxylic acid groups (broad SMARTS) is 1. The van der Waals surface area contributed by atoms with E-state index in [-0.39, 0.29) is 5.92 Å². The van der Waals surface area contributed by atoms with Gasteiger partial charge in [0.1, 0.15) is 0 Å². The molecule has 1 aliphatic carbocycles. The van der Waals surface area contributed by atoms with Gasteiger partial charge in [0.25, 0.3) is 0 Å². The average Bonchev–Trinajstić information content (AvgIpc) is 2.80. The Morgan fingerprint density at radius 1 is 1.44 bits per heavy atom. The van der Waals surface area contributed by atoms with Crippen LogP contribution in [-0.4, -0.2) is 22.6 Å². The lowest BCUT2D eigenvalue weighted by molar-refractivity contribution is -0.143. The Morgan fingerprint density at radius 3 is 2.75 bits per heavy atom. The molecule has 1 aromatic heterocycles. The number of aliphatic carboxylic acids is 1. The second-order valence-electron chi connectivity index (χ2n) is 4.54. The number of carboxylic acids is 1. The molecule has 1 heterocycles. The maximum Gasteiger partial charge on any atom is 0.306 e. The van der Waals surface area contributed by atoms with Crippen LogP contribution >= 0.6 is 0 Å². The molecule has 1 aliphatic rings. The Kier molecular flexibility index (Phi) is 3.49. The van der Waals surface area contributed by atoms with E-state index in [9.17, 15) is 4.79 Å². The zero-order valence-electron chi connectivity index (χ0n) is 9.28. The number of hydrogen-bond donors (Lipinski definition) is 3. The van der Waals surface area contributed by atoms with E-state index in [0.29, 0.717) is 5.92 Å². The van der Waals surface area contributed by atoms with E-state index in [2.05, 4.69) is 10.3 Å². The van der Waals surface area contributed by atoms with E-state index in [4.69, 9.17) is 5.11 Å². The maximum atomic E-state index is 10.8. The van der Waals surface area contributed by atoms with Crippen LogP contribution in [0.1, 0.15) is 25.7 Å². The van der Waals surface area contributed by atoms with Gasteiger partial charge in [0.2, 0.25) is 0 Å². The predicted octanol–water partition coefficient (Wildman–Crippen LogP) is 2.32. The number of rotatable bonds is 4. The highest BCUT2D eigenvalue weighted by atomic mass is 16.4. The van der Waals surface area contributed by atoms with E-state index in [1.807, 2.05) is 18.5 Å². The van der Waals surface area contributed by atoms with Crippen molar-refractivity contribution in [2.75, 3.05) is 11.9 Å². The summed E-state index contributed by atoms with van der Waals surface area (Å²) in [5.41, 5.74) is 1.11. The first-order chi connectivity index (χ1) is 7.75. The minimum atomic E-state index is -0.628. The second-order valence-corrected chi connectivity index (χ2v) is 4.54. The van der Waals surface area contributed by atoms with Gasteiger partial charge in [0, 0.05) is 18.9 Å². The van der Waals surface area contributed by atoms with Gasteiger partial charge in [0.05, 0.1) is 11.6 Å². The van der Waals surface area contributed by atoms with Crippen molar-refractivity contribution < 1.29 is 9.90 Å². The molecule has 88 valence electrons. The van der Waals surface area contributed by atoms with Crippen LogP contribution in [0.4, 0.5) is 5.69 Å². The third-order valence-corrected chi connectivity index (χ3v) is 3.39. The molecule has 16 heavy (non-hydrogen) atoms. The van der Waals surface area contributed by atoms with Gasteiger partial charge in [-0.2, -0.15) is 0 Å². The summed E-state index contributed by atoms with van der Waals surface area (Å²) < 4.78 is 0. The first kappa shape index (κ1) is 11.0. The summed E-state index contributed by atoms with van der Waals surface area (Å²) in [6.45, 7) is 0.949. The number of anilines is 1. The molecule has 0 amide bonds. The fraction of sp³-hybridized carbons (Fsp3) is 0.583. The van der Waals surface area contributed by atoms with E-state index in [0.717, 1.165) is 37.9 Å². The van der Waals surface area contributed by atoms with Crippen molar-refractivity contribution in [2.24, 2.45) is 11.8 Å². The van der Waals surface area contributed by atoms with Crippen LogP contribution in [0.3, 0.4) is 0 Å². The van der Waals surface area contributed by atoms with E-state index >= 15 is 0 Å². The smallest absolute Gasteiger partial charge is 0.306 e. The summed E-state index contributed by atoms with van der Waals surface area (Å²) in [7, 11) is 0. The van der Waals surface area contributed by atoms with Gasteiger partial charge in [-0.25, -0.2) is 0 Å². The molecule has 0 saturated heterocycles. The summed E-state index contributed by atoms with van der Waals surface area (Å²) in [6, 6.07) is 2.00. The van der Waals surface area contributed by atoms with Gasteiger partial charge < -0.3 is 15.4 Å². The summed E-state index contributed by atoms with van der Waals surface area (Å²) >= 11 is 0. The van der Waals surface area contributed by atoms with Gasteiger partial charge in [-0.1, -0.05) is 0 Å². The zero-order chi connectivity index (χ0) is 11.4. The Morgan fingerprint density at radius 2 is 2.19 bits per heavy atom. The zero-order valence-corrected chi connectivity index (χ0v) is 9.28. The third kappa shape index (κ3) is 2.78. The van der Waals surface area contributed by atoms with E-state index in [1.54, 1.807) is 0 Å². The molecule has 0 aliphatic heterocycles. The number of nitrogens with one attached hydrogen (secondary N) is 2. The molecule has 0 bridgehead atoms. The lowest BCUT2D eigenvalue weighted by Gasteiger charge is -2.26. The monoisotopic (exact) mass is 222 g/mol. The van der Waals surface area contributed by atoms with Gasteiger partial charge >= 0.3 is 5.97 Å². The van der Waals surface area contributed by atoms with Crippen LogP contribution in [0.2, 0.25) is 0 Å². The number of hydrogen-bond acceptors (Lipinski definition) is 2. The molecule has 1 saturated carbocycles. The van der Waals surface area contributed by atoms with Crippen LogP contribution in [0.25, 0.3) is 0 Å². The lowest BCUT2D eigenvalue weighted by atomic mass is 9.82. The summed E-state index contributed by atoms with van der Waals surface area (Å²) in [6.07, 6.45) is 7.53. The third-order valence-electron chi connectivity index (χ3n) is 3.39. The summed E-state index contributed by atoms with van der Waals surface area (Å²) in [5, 5.41) is 12.2. The highest BCUT2D eigenvalue weighted by Crippen LogP contribution is 2.29. The Hall–Kier alpha value is -1.45. The molecule has 0 aromatic carbocycles. The molecule has 0 spiro atoms. The van der Waals surface area contributed by atoms with Gasteiger partial charge in [-0.3, -0.25) is 4.79 Å². The van der Waals surface area contributed by atoms with Gasteiger partial charge in [-0.15, -0.1) is 0 Å². The molecule has 4 nitrogen and oxygen atoms in total. The quantitative estimate of drug-likeness (QED) is 0.732. The van der Waals surface area contributed by atoms with Crippen molar-refractivity contribution >= 4 is 11.7 Å². The summed E-state index contributed by atoms with van der Waals surface area (Å²) in [4.78, 5) is 13.8. The van der Waals surface area contributed by atoms with Crippen LogP contribution < -0.4 is 5.32 Å². The minimum absolute atomic E-state index is 0.108. The average molecular weight is 222 g/mol.